The standard InChI is InChI=1S/C17H28N2O/c1-2-20-16-10-6-12-19(14-16)13-7-11-17(18)15-8-4-3-5-9-15/h3-5,8-9,16-17H,2,6-7,10-14,18H2,1H3. The second-order valence-electron chi connectivity index (χ2n) is 5.68. The van der Waals surface area contributed by atoms with Crippen molar-refractivity contribution in [3.05, 3.63) is 35.9 Å². The molecule has 0 saturated carbocycles. The van der Waals surface area contributed by atoms with Gasteiger partial charge in [0, 0.05) is 19.2 Å². The molecule has 1 aromatic rings. The highest BCUT2D eigenvalue weighted by molar-refractivity contribution is 5.18. The molecular formula is C17H28N2O. The molecule has 112 valence electrons. The Hall–Kier alpha value is -0.900. The van der Waals surface area contributed by atoms with E-state index in [9.17, 15) is 0 Å². The summed E-state index contributed by atoms with van der Waals surface area (Å²) in [4.78, 5) is 2.53. The minimum Gasteiger partial charge on any atom is -0.377 e. The zero-order chi connectivity index (χ0) is 14.2. The van der Waals surface area contributed by atoms with Gasteiger partial charge in [0.15, 0.2) is 0 Å². The highest BCUT2D eigenvalue weighted by Gasteiger charge is 2.19. The quantitative estimate of drug-likeness (QED) is 0.832. The molecule has 2 unspecified atom stereocenters. The Kier molecular flexibility index (Phi) is 6.51. The monoisotopic (exact) mass is 276 g/mol. The zero-order valence-electron chi connectivity index (χ0n) is 12.6. The highest BCUT2D eigenvalue weighted by Crippen LogP contribution is 2.17. The maximum absolute atomic E-state index is 6.24. The molecule has 2 N–H and O–H groups in total. The van der Waals surface area contributed by atoms with E-state index in [2.05, 4.69) is 36.1 Å². The predicted molar refractivity (Wildman–Crippen MR) is 83.7 cm³/mol. The lowest BCUT2D eigenvalue weighted by atomic mass is 10.0. The number of hydrogen-bond donors (Lipinski definition) is 1. The van der Waals surface area contributed by atoms with E-state index < -0.39 is 0 Å². The molecule has 1 aliphatic rings. The first-order chi connectivity index (χ1) is 9.79. The molecule has 3 heteroatoms. The molecule has 1 saturated heterocycles. The fraction of sp³-hybridized carbons (Fsp3) is 0.647. The van der Waals surface area contributed by atoms with Crippen LogP contribution in [0.4, 0.5) is 0 Å². The lowest BCUT2D eigenvalue weighted by Crippen LogP contribution is -2.40. The molecule has 3 nitrogen and oxygen atoms in total. The van der Waals surface area contributed by atoms with E-state index in [-0.39, 0.29) is 6.04 Å². The van der Waals surface area contributed by atoms with E-state index in [0.717, 1.165) is 32.5 Å². The van der Waals surface area contributed by atoms with Crippen molar-refractivity contribution >= 4 is 0 Å². The van der Waals surface area contributed by atoms with Gasteiger partial charge in [-0.15, -0.1) is 0 Å². The molecule has 0 amide bonds. The van der Waals surface area contributed by atoms with Crippen LogP contribution in [-0.2, 0) is 4.74 Å². The molecule has 1 fully saturated rings. The Labute approximate surface area is 123 Å². The van der Waals surface area contributed by atoms with Crippen molar-refractivity contribution in [3.63, 3.8) is 0 Å². The van der Waals surface area contributed by atoms with Crippen molar-refractivity contribution in [2.75, 3.05) is 26.2 Å². The lowest BCUT2D eigenvalue weighted by Gasteiger charge is -2.32. The summed E-state index contributed by atoms with van der Waals surface area (Å²) < 4.78 is 5.74. The minimum atomic E-state index is 0.170. The second kappa shape index (κ2) is 8.40. The molecule has 0 aromatic heterocycles. The Morgan fingerprint density at radius 1 is 1.35 bits per heavy atom. The van der Waals surface area contributed by atoms with E-state index >= 15 is 0 Å². The van der Waals surface area contributed by atoms with Crippen molar-refractivity contribution in [1.29, 1.82) is 0 Å². The minimum absolute atomic E-state index is 0.170. The van der Waals surface area contributed by atoms with E-state index in [1.807, 2.05) is 6.07 Å². The summed E-state index contributed by atoms with van der Waals surface area (Å²) in [7, 11) is 0. The number of nitrogens with two attached hydrogens (primary N) is 1. The van der Waals surface area contributed by atoms with Gasteiger partial charge >= 0.3 is 0 Å². The van der Waals surface area contributed by atoms with Crippen molar-refractivity contribution in [2.45, 2.75) is 44.8 Å². The van der Waals surface area contributed by atoms with Crippen LogP contribution in [0.5, 0.6) is 0 Å². The SMILES string of the molecule is CCOC1CCCN(CCCC(N)c2ccccc2)C1. The van der Waals surface area contributed by atoms with Gasteiger partial charge in [-0.2, -0.15) is 0 Å². The maximum Gasteiger partial charge on any atom is 0.0702 e. The van der Waals surface area contributed by atoms with Crippen LogP contribution >= 0.6 is 0 Å². The molecule has 1 aromatic carbocycles. The number of nitrogens with zero attached hydrogens (tertiary/aromatic N) is 1. The molecule has 2 rings (SSSR count). The fourth-order valence-electron chi connectivity index (χ4n) is 2.99. The second-order valence-corrected chi connectivity index (χ2v) is 5.68. The number of rotatable bonds is 7. The number of ether oxygens (including phenoxy) is 1. The average Bonchev–Trinajstić information content (AvgIpc) is 2.49. The van der Waals surface area contributed by atoms with E-state index in [0.29, 0.717) is 6.10 Å². The summed E-state index contributed by atoms with van der Waals surface area (Å²) >= 11 is 0. The number of piperidine rings is 1. The Morgan fingerprint density at radius 3 is 2.90 bits per heavy atom. The van der Waals surface area contributed by atoms with Crippen LogP contribution in [0.2, 0.25) is 0 Å². The number of benzene rings is 1. The Bertz CT molecular complexity index is 367. The van der Waals surface area contributed by atoms with Crippen LogP contribution in [0.25, 0.3) is 0 Å². The maximum atomic E-state index is 6.24. The molecule has 1 aliphatic heterocycles. The van der Waals surface area contributed by atoms with Gasteiger partial charge in [0.2, 0.25) is 0 Å². The third-order valence-corrected chi connectivity index (χ3v) is 4.08. The molecule has 1 heterocycles. The molecular weight excluding hydrogens is 248 g/mol. The van der Waals surface area contributed by atoms with Crippen LogP contribution in [0.3, 0.4) is 0 Å². The lowest BCUT2D eigenvalue weighted by molar-refractivity contribution is 0.00551. The highest BCUT2D eigenvalue weighted by atomic mass is 16.5. The summed E-state index contributed by atoms with van der Waals surface area (Å²) in [6.45, 7) is 6.36. The van der Waals surface area contributed by atoms with Gasteiger partial charge in [-0.1, -0.05) is 30.3 Å². The van der Waals surface area contributed by atoms with Crippen molar-refractivity contribution in [1.82, 2.24) is 4.90 Å². The molecule has 20 heavy (non-hydrogen) atoms. The molecule has 2 atom stereocenters. The molecule has 0 aliphatic carbocycles. The smallest absolute Gasteiger partial charge is 0.0702 e. The third-order valence-electron chi connectivity index (χ3n) is 4.08. The number of likely N-dealkylation sites (tertiary alicyclic amines) is 1. The summed E-state index contributed by atoms with van der Waals surface area (Å²) in [5.41, 5.74) is 7.49. The van der Waals surface area contributed by atoms with Crippen LogP contribution in [-0.4, -0.2) is 37.2 Å². The van der Waals surface area contributed by atoms with Gasteiger partial charge in [0.1, 0.15) is 0 Å². The summed E-state index contributed by atoms with van der Waals surface area (Å²) in [6.07, 6.45) is 5.13. The van der Waals surface area contributed by atoms with E-state index in [1.54, 1.807) is 0 Å². The first-order valence-electron chi connectivity index (χ1n) is 7.94. The van der Waals surface area contributed by atoms with Gasteiger partial charge < -0.3 is 15.4 Å². The van der Waals surface area contributed by atoms with Crippen LogP contribution in [0.15, 0.2) is 30.3 Å². The largest absolute Gasteiger partial charge is 0.377 e. The Morgan fingerprint density at radius 2 is 2.15 bits per heavy atom. The average molecular weight is 276 g/mol. The van der Waals surface area contributed by atoms with Gasteiger partial charge in [-0.05, 0) is 51.3 Å². The third kappa shape index (κ3) is 4.89. The first kappa shape index (κ1) is 15.5. The summed E-state index contributed by atoms with van der Waals surface area (Å²) in [5.74, 6) is 0. The Balaban J connectivity index is 1.67. The summed E-state index contributed by atoms with van der Waals surface area (Å²) in [6, 6.07) is 10.6. The van der Waals surface area contributed by atoms with Crippen LogP contribution in [0.1, 0.15) is 44.2 Å². The molecule has 0 bridgehead atoms. The zero-order valence-corrected chi connectivity index (χ0v) is 12.6. The first-order valence-corrected chi connectivity index (χ1v) is 7.94. The predicted octanol–water partition coefficient (Wildman–Crippen LogP) is 2.97. The van der Waals surface area contributed by atoms with Crippen molar-refractivity contribution in [3.8, 4) is 0 Å². The van der Waals surface area contributed by atoms with Gasteiger partial charge in [-0.3, -0.25) is 0 Å². The van der Waals surface area contributed by atoms with Crippen LogP contribution < -0.4 is 5.73 Å². The normalized spacial score (nSPS) is 21.8. The van der Waals surface area contributed by atoms with Crippen molar-refractivity contribution < 1.29 is 4.74 Å². The fourth-order valence-corrected chi connectivity index (χ4v) is 2.99. The van der Waals surface area contributed by atoms with E-state index in [1.165, 1.54) is 24.9 Å². The van der Waals surface area contributed by atoms with Gasteiger partial charge in [0.05, 0.1) is 6.10 Å². The molecule has 0 spiro atoms. The van der Waals surface area contributed by atoms with Crippen LogP contribution in [0, 0.1) is 0 Å². The topological polar surface area (TPSA) is 38.5 Å². The van der Waals surface area contributed by atoms with Crippen molar-refractivity contribution in [2.24, 2.45) is 5.73 Å². The van der Waals surface area contributed by atoms with E-state index in [4.69, 9.17) is 10.5 Å². The molecule has 0 radical (unpaired) electrons. The van der Waals surface area contributed by atoms with Gasteiger partial charge in [0.25, 0.3) is 0 Å². The van der Waals surface area contributed by atoms with Gasteiger partial charge in [-0.25, -0.2) is 0 Å². The summed E-state index contributed by atoms with van der Waals surface area (Å²) in [5, 5.41) is 0. The number of hydrogen-bond acceptors (Lipinski definition) is 3.